The quantitative estimate of drug-likeness (QED) is 0.275. The van der Waals surface area contributed by atoms with E-state index in [-0.39, 0.29) is 27.8 Å². The molecule has 0 aliphatic rings. The van der Waals surface area contributed by atoms with Gasteiger partial charge in [0.2, 0.25) is 0 Å². The average molecular weight is 526 g/mol. The van der Waals surface area contributed by atoms with Gasteiger partial charge in [0.05, 0.1) is 32.9 Å². The molecular formula is C22H13BrClF3N2OS. The lowest BCUT2D eigenvalue weighted by Crippen LogP contribution is -2.30. The molecule has 0 saturated heterocycles. The first-order valence-electron chi connectivity index (χ1n) is 9.01. The third-order valence-electron chi connectivity index (χ3n) is 4.53. The normalized spacial score (nSPS) is 11.6. The molecule has 3 nitrogen and oxygen atoms in total. The van der Waals surface area contributed by atoms with Crippen LogP contribution in [0.2, 0.25) is 5.02 Å². The van der Waals surface area contributed by atoms with Crippen LogP contribution in [0, 0.1) is 0 Å². The van der Waals surface area contributed by atoms with Gasteiger partial charge in [-0.1, -0.05) is 75.3 Å². The smallest absolute Gasteiger partial charge is 0.279 e. The predicted molar refractivity (Wildman–Crippen MR) is 121 cm³/mol. The van der Waals surface area contributed by atoms with Crippen molar-refractivity contribution in [3.63, 3.8) is 0 Å². The molecule has 4 aromatic rings. The van der Waals surface area contributed by atoms with Gasteiger partial charge >= 0.3 is 6.18 Å². The highest BCUT2D eigenvalue weighted by atomic mass is 79.9. The molecule has 31 heavy (non-hydrogen) atoms. The maximum atomic E-state index is 13.5. The van der Waals surface area contributed by atoms with Crippen molar-refractivity contribution in [1.29, 1.82) is 0 Å². The molecule has 0 saturated carbocycles. The van der Waals surface area contributed by atoms with Crippen LogP contribution in [-0.4, -0.2) is 10.9 Å². The van der Waals surface area contributed by atoms with E-state index in [0.29, 0.717) is 9.17 Å². The van der Waals surface area contributed by atoms with E-state index >= 15 is 0 Å². The molecule has 0 radical (unpaired) electrons. The molecule has 158 valence electrons. The molecule has 1 heterocycles. The molecule has 1 amide bonds. The van der Waals surface area contributed by atoms with E-state index < -0.39 is 17.6 Å². The lowest BCUT2D eigenvalue weighted by molar-refractivity contribution is -0.136. The van der Waals surface area contributed by atoms with Crippen molar-refractivity contribution >= 4 is 60.1 Å². The van der Waals surface area contributed by atoms with Crippen molar-refractivity contribution in [2.75, 3.05) is 4.90 Å². The number of alkyl halides is 3. The van der Waals surface area contributed by atoms with Gasteiger partial charge in [-0.15, -0.1) is 0 Å². The first kappa shape index (κ1) is 21.8. The summed E-state index contributed by atoms with van der Waals surface area (Å²) in [7, 11) is 0. The van der Waals surface area contributed by atoms with Crippen molar-refractivity contribution in [1.82, 2.24) is 4.98 Å². The number of amides is 1. The Hall–Kier alpha value is -2.42. The monoisotopic (exact) mass is 524 g/mol. The van der Waals surface area contributed by atoms with E-state index in [4.69, 9.17) is 11.6 Å². The molecule has 0 N–H and O–H groups in total. The number of rotatable bonds is 4. The Bertz CT molecular complexity index is 1260. The highest BCUT2D eigenvalue weighted by molar-refractivity contribution is 9.10. The van der Waals surface area contributed by atoms with E-state index in [1.165, 1.54) is 11.0 Å². The first-order chi connectivity index (χ1) is 14.7. The van der Waals surface area contributed by atoms with Crippen molar-refractivity contribution in [2.45, 2.75) is 12.7 Å². The van der Waals surface area contributed by atoms with Crippen LogP contribution in [0.5, 0.6) is 0 Å². The number of aromatic nitrogens is 1. The molecule has 9 heteroatoms. The maximum absolute atomic E-state index is 13.5. The minimum Gasteiger partial charge on any atom is -0.279 e. The van der Waals surface area contributed by atoms with E-state index in [1.807, 2.05) is 30.3 Å². The molecule has 3 aromatic carbocycles. The molecule has 0 fully saturated rings. The molecule has 0 unspecified atom stereocenters. The number of fused-ring (bicyclic) bond motifs is 1. The van der Waals surface area contributed by atoms with Crippen molar-refractivity contribution in [3.8, 4) is 0 Å². The lowest BCUT2D eigenvalue weighted by Gasteiger charge is -2.21. The van der Waals surface area contributed by atoms with Crippen LogP contribution < -0.4 is 4.90 Å². The number of carbonyl (C=O) groups is 1. The largest absolute Gasteiger partial charge is 0.418 e. The standard InChI is InChI=1S/C22H13BrClF3N2OS/c23-14-9-10-17(24)15(11-14)20(30)29(12-13-5-2-1-3-6-13)21-28-19-16(22(25,26)27)7-4-8-18(19)31-21/h1-11H,12H2. The number of nitrogens with zero attached hydrogens (tertiary/aromatic N) is 2. The second kappa shape index (κ2) is 8.61. The Morgan fingerprint density at radius 2 is 1.81 bits per heavy atom. The maximum Gasteiger partial charge on any atom is 0.418 e. The summed E-state index contributed by atoms with van der Waals surface area (Å²) >= 11 is 10.6. The minimum absolute atomic E-state index is 0.129. The average Bonchev–Trinajstić information content (AvgIpc) is 3.17. The predicted octanol–water partition coefficient (Wildman–Crippen LogP) is 7.58. The van der Waals surface area contributed by atoms with E-state index in [9.17, 15) is 18.0 Å². The zero-order valence-corrected chi connectivity index (χ0v) is 18.8. The van der Waals surface area contributed by atoms with Gasteiger partial charge in [0.1, 0.15) is 0 Å². The van der Waals surface area contributed by atoms with Crippen molar-refractivity contribution < 1.29 is 18.0 Å². The van der Waals surface area contributed by atoms with Crippen LogP contribution in [0.4, 0.5) is 18.3 Å². The molecule has 0 bridgehead atoms. The Balaban J connectivity index is 1.85. The Labute approximate surface area is 193 Å². The first-order valence-corrected chi connectivity index (χ1v) is 11.0. The second-order valence-corrected chi connectivity index (χ2v) is 8.98. The third kappa shape index (κ3) is 4.61. The zero-order valence-electron chi connectivity index (χ0n) is 15.7. The van der Waals surface area contributed by atoms with E-state index in [1.54, 1.807) is 24.3 Å². The molecule has 4 rings (SSSR count). The van der Waals surface area contributed by atoms with Crippen LogP contribution in [0.25, 0.3) is 10.2 Å². The van der Waals surface area contributed by atoms with Crippen LogP contribution in [0.15, 0.2) is 71.2 Å². The third-order valence-corrected chi connectivity index (χ3v) is 6.40. The van der Waals surface area contributed by atoms with Crippen molar-refractivity contribution in [3.05, 3.63) is 92.9 Å². The summed E-state index contributed by atoms with van der Waals surface area (Å²) in [4.78, 5) is 19.0. The van der Waals surface area contributed by atoms with Gasteiger partial charge in [-0.3, -0.25) is 9.69 Å². The van der Waals surface area contributed by atoms with Gasteiger partial charge in [0, 0.05) is 4.47 Å². The second-order valence-electron chi connectivity index (χ2n) is 6.65. The Kier molecular flexibility index (Phi) is 6.05. The topological polar surface area (TPSA) is 33.2 Å². The summed E-state index contributed by atoms with van der Waals surface area (Å²) in [6, 6.07) is 17.9. The fourth-order valence-electron chi connectivity index (χ4n) is 3.08. The SMILES string of the molecule is O=C(c1cc(Br)ccc1Cl)N(Cc1ccccc1)c1nc2c(C(F)(F)F)cccc2s1. The fraction of sp³-hybridized carbons (Fsp3) is 0.0909. The molecule has 1 aromatic heterocycles. The number of anilines is 1. The van der Waals surface area contributed by atoms with Gasteiger partial charge in [-0.2, -0.15) is 13.2 Å². The number of hydrogen-bond donors (Lipinski definition) is 0. The number of halogens is 5. The Morgan fingerprint density at radius 1 is 1.06 bits per heavy atom. The summed E-state index contributed by atoms with van der Waals surface area (Å²) in [5.74, 6) is -0.456. The molecule has 0 atom stereocenters. The molecular weight excluding hydrogens is 513 g/mol. The summed E-state index contributed by atoms with van der Waals surface area (Å²) < 4.78 is 41.4. The molecule has 0 aliphatic carbocycles. The summed E-state index contributed by atoms with van der Waals surface area (Å²) in [6.07, 6.45) is -4.55. The summed E-state index contributed by atoms with van der Waals surface area (Å²) in [6.45, 7) is 0.129. The van der Waals surface area contributed by atoms with Gasteiger partial charge in [-0.25, -0.2) is 4.98 Å². The van der Waals surface area contributed by atoms with E-state index in [2.05, 4.69) is 20.9 Å². The van der Waals surface area contributed by atoms with Gasteiger partial charge in [0.15, 0.2) is 5.13 Å². The number of hydrogen-bond acceptors (Lipinski definition) is 3. The summed E-state index contributed by atoms with van der Waals surface area (Å²) in [5, 5.41) is 0.403. The Morgan fingerprint density at radius 3 is 2.52 bits per heavy atom. The highest BCUT2D eigenvalue weighted by Crippen LogP contribution is 2.39. The lowest BCUT2D eigenvalue weighted by atomic mass is 10.1. The molecule has 0 aliphatic heterocycles. The van der Waals surface area contributed by atoms with E-state index in [0.717, 1.165) is 23.0 Å². The number of benzene rings is 3. The van der Waals surface area contributed by atoms with Crippen LogP contribution in [0.1, 0.15) is 21.5 Å². The van der Waals surface area contributed by atoms with Crippen LogP contribution in [-0.2, 0) is 12.7 Å². The molecule has 0 spiro atoms. The van der Waals surface area contributed by atoms with Crippen LogP contribution >= 0.6 is 38.9 Å². The van der Waals surface area contributed by atoms with Crippen LogP contribution in [0.3, 0.4) is 0 Å². The zero-order chi connectivity index (χ0) is 22.2. The number of carbonyl (C=O) groups excluding carboxylic acids is 1. The number of para-hydroxylation sites is 1. The van der Waals surface area contributed by atoms with Gasteiger partial charge < -0.3 is 0 Å². The minimum atomic E-state index is -4.55. The summed E-state index contributed by atoms with van der Waals surface area (Å²) in [5.41, 5.74) is 0.0147. The van der Waals surface area contributed by atoms with Gasteiger partial charge in [0.25, 0.3) is 5.91 Å². The highest BCUT2D eigenvalue weighted by Gasteiger charge is 2.34. The number of thiazole rings is 1. The van der Waals surface area contributed by atoms with Gasteiger partial charge in [-0.05, 0) is 35.9 Å². The fourth-order valence-corrected chi connectivity index (χ4v) is 4.63. The van der Waals surface area contributed by atoms with Crippen molar-refractivity contribution in [2.24, 2.45) is 0 Å².